The Morgan fingerprint density at radius 2 is 2.21 bits per heavy atom. The number of aromatic nitrogens is 2. The molecule has 0 bridgehead atoms. The fraction of sp³-hybridized carbons (Fsp3) is 0.727. The van der Waals surface area contributed by atoms with E-state index in [1.807, 2.05) is 13.1 Å². The molecule has 0 saturated heterocycles. The van der Waals surface area contributed by atoms with Crippen molar-refractivity contribution in [2.45, 2.75) is 52.6 Å². The Bertz CT molecular complexity index is 276. The summed E-state index contributed by atoms with van der Waals surface area (Å²) in [7, 11) is 0. The third-order valence-electron chi connectivity index (χ3n) is 2.36. The molecule has 1 aromatic rings. The summed E-state index contributed by atoms with van der Waals surface area (Å²) in [6, 6.07) is 0.222. The Morgan fingerprint density at radius 1 is 1.50 bits per heavy atom. The average Bonchev–Trinajstić information content (AvgIpc) is 2.48. The first-order chi connectivity index (χ1) is 6.69. The van der Waals surface area contributed by atoms with Crippen LogP contribution in [-0.2, 0) is 19.4 Å². The van der Waals surface area contributed by atoms with Crippen molar-refractivity contribution in [1.82, 2.24) is 9.78 Å². The summed E-state index contributed by atoms with van der Waals surface area (Å²) >= 11 is 0. The van der Waals surface area contributed by atoms with Gasteiger partial charge in [0.25, 0.3) is 0 Å². The lowest BCUT2D eigenvalue weighted by molar-refractivity contribution is 0.610. The summed E-state index contributed by atoms with van der Waals surface area (Å²) < 4.78 is 2.08. The van der Waals surface area contributed by atoms with E-state index in [0.29, 0.717) is 0 Å². The van der Waals surface area contributed by atoms with Crippen LogP contribution in [0.5, 0.6) is 0 Å². The van der Waals surface area contributed by atoms with Gasteiger partial charge in [-0.1, -0.05) is 13.3 Å². The molecule has 0 fully saturated rings. The first kappa shape index (κ1) is 11.2. The Morgan fingerprint density at radius 3 is 2.71 bits per heavy atom. The summed E-state index contributed by atoms with van der Waals surface area (Å²) in [5.41, 5.74) is 8.49. The predicted molar refractivity (Wildman–Crippen MR) is 59.2 cm³/mol. The zero-order chi connectivity index (χ0) is 10.6. The summed E-state index contributed by atoms with van der Waals surface area (Å²) in [6.45, 7) is 7.32. The normalized spacial score (nSPS) is 13.1. The van der Waals surface area contributed by atoms with Crippen LogP contribution in [0.2, 0.25) is 0 Å². The average molecular weight is 195 g/mol. The Balaban J connectivity index is 2.86. The minimum absolute atomic E-state index is 0.222. The topological polar surface area (TPSA) is 43.8 Å². The van der Waals surface area contributed by atoms with Crippen molar-refractivity contribution in [3.8, 4) is 0 Å². The van der Waals surface area contributed by atoms with Crippen LogP contribution in [0.15, 0.2) is 6.20 Å². The minimum Gasteiger partial charge on any atom is -0.328 e. The molecule has 1 rings (SSSR count). The van der Waals surface area contributed by atoms with Crippen LogP contribution >= 0.6 is 0 Å². The molecular weight excluding hydrogens is 174 g/mol. The van der Waals surface area contributed by atoms with Gasteiger partial charge in [-0.2, -0.15) is 5.10 Å². The second kappa shape index (κ2) is 5.15. The van der Waals surface area contributed by atoms with E-state index >= 15 is 0 Å². The van der Waals surface area contributed by atoms with Gasteiger partial charge in [0.05, 0.1) is 6.20 Å². The van der Waals surface area contributed by atoms with Gasteiger partial charge < -0.3 is 5.73 Å². The first-order valence-electron chi connectivity index (χ1n) is 5.48. The number of aryl methyl sites for hydroxylation is 1. The van der Waals surface area contributed by atoms with Crippen LogP contribution in [0.3, 0.4) is 0 Å². The van der Waals surface area contributed by atoms with Crippen LogP contribution in [0.25, 0.3) is 0 Å². The van der Waals surface area contributed by atoms with Crippen molar-refractivity contribution in [2.75, 3.05) is 0 Å². The zero-order valence-electron chi connectivity index (χ0n) is 9.45. The molecule has 0 aliphatic rings. The number of rotatable bonds is 5. The van der Waals surface area contributed by atoms with E-state index in [2.05, 4.69) is 23.6 Å². The fourth-order valence-electron chi connectivity index (χ4n) is 1.77. The van der Waals surface area contributed by atoms with Crippen molar-refractivity contribution in [2.24, 2.45) is 5.73 Å². The Hall–Kier alpha value is -0.830. The van der Waals surface area contributed by atoms with E-state index in [-0.39, 0.29) is 6.04 Å². The second-order valence-corrected chi connectivity index (χ2v) is 3.86. The maximum absolute atomic E-state index is 5.80. The minimum atomic E-state index is 0.222. The third-order valence-corrected chi connectivity index (χ3v) is 2.36. The van der Waals surface area contributed by atoms with Gasteiger partial charge in [-0.05, 0) is 32.3 Å². The molecule has 0 radical (unpaired) electrons. The Labute approximate surface area is 86.3 Å². The molecule has 3 heteroatoms. The summed E-state index contributed by atoms with van der Waals surface area (Å²) in [4.78, 5) is 0. The number of nitrogens with two attached hydrogens (primary N) is 1. The molecule has 1 heterocycles. The van der Waals surface area contributed by atoms with Gasteiger partial charge in [-0.25, -0.2) is 0 Å². The van der Waals surface area contributed by atoms with Crippen LogP contribution in [0.4, 0.5) is 0 Å². The second-order valence-electron chi connectivity index (χ2n) is 3.86. The molecule has 0 amide bonds. The highest BCUT2D eigenvalue weighted by Gasteiger charge is 2.09. The predicted octanol–water partition coefficient (Wildman–Crippen LogP) is 1.75. The summed E-state index contributed by atoms with van der Waals surface area (Å²) in [5.74, 6) is 0. The van der Waals surface area contributed by atoms with Crippen molar-refractivity contribution in [1.29, 1.82) is 0 Å². The van der Waals surface area contributed by atoms with Gasteiger partial charge in [-0.3, -0.25) is 4.68 Å². The van der Waals surface area contributed by atoms with Crippen molar-refractivity contribution < 1.29 is 0 Å². The summed E-state index contributed by atoms with van der Waals surface area (Å²) in [6.07, 6.45) is 5.18. The largest absolute Gasteiger partial charge is 0.328 e. The van der Waals surface area contributed by atoms with Gasteiger partial charge in [0, 0.05) is 18.3 Å². The van der Waals surface area contributed by atoms with E-state index in [1.54, 1.807) is 0 Å². The standard InChI is InChI=1S/C11H21N3/c1-4-6-11-10(7-9(3)12)8-13-14(11)5-2/h8-9H,4-7,12H2,1-3H3. The molecule has 1 unspecified atom stereocenters. The molecule has 1 aromatic heterocycles. The van der Waals surface area contributed by atoms with Gasteiger partial charge in [-0.15, -0.1) is 0 Å². The monoisotopic (exact) mass is 195 g/mol. The molecule has 2 N–H and O–H groups in total. The molecule has 14 heavy (non-hydrogen) atoms. The van der Waals surface area contributed by atoms with Crippen LogP contribution in [-0.4, -0.2) is 15.8 Å². The highest BCUT2D eigenvalue weighted by atomic mass is 15.3. The lowest BCUT2D eigenvalue weighted by Gasteiger charge is -2.08. The Kier molecular flexibility index (Phi) is 4.14. The van der Waals surface area contributed by atoms with Gasteiger partial charge in [0.15, 0.2) is 0 Å². The lowest BCUT2D eigenvalue weighted by Crippen LogP contribution is -2.18. The maximum atomic E-state index is 5.80. The SMILES string of the molecule is CCCc1c(CC(C)N)cnn1CC. The van der Waals surface area contributed by atoms with E-state index < -0.39 is 0 Å². The molecule has 0 aliphatic heterocycles. The van der Waals surface area contributed by atoms with Crippen molar-refractivity contribution in [3.63, 3.8) is 0 Å². The molecule has 0 aliphatic carbocycles. The van der Waals surface area contributed by atoms with Crippen molar-refractivity contribution >= 4 is 0 Å². The number of hydrogen-bond acceptors (Lipinski definition) is 2. The van der Waals surface area contributed by atoms with E-state index in [4.69, 9.17) is 5.73 Å². The van der Waals surface area contributed by atoms with Gasteiger partial charge in [0.2, 0.25) is 0 Å². The molecule has 0 spiro atoms. The van der Waals surface area contributed by atoms with Crippen LogP contribution < -0.4 is 5.73 Å². The first-order valence-corrected chi connectivity index (χ1v) is 5.48. The molecule has 0 aromatic carbocycles. The van der Waals surface area contributed by atoms with Gasteiger partial charge in [0.1, 0.15) is 0 Å². The van der Waals surface area contributed by atoms with E-state index in [9.17, 15) is 0 Å². The highest BCUT2D eigenvalue weighted by molar-refractivity contribution is 5.19. The fourth-order valence-corrected chi connectivity index (χ4v) is 1.77. The molecular formula is C11H21N3. The van der Waals surface area contributed by atoms with E-state index in [0.717, 1.165) is 25.8 Å². The highest BCUT2D eigenvalue weighted by Crippen LogP contribution is 2.12. The molecule has 1 atom stereocenters. The molecule has 0 saturated carbocycles. The lowest BCUT2D eigenvalue weighted by atomic mass is 10.1. The summed E-state index contributed by atoms with van der Waals surface area (Å²) in [5, 5.41) is 4.37. The maximum Gasteiger partial charge on any atom is 0.0525 e. The quantitative estimate of drug-likeness (QED) is 0.778. The zero-order valence-corrected chi connectivity index (χ0v) is 9.45. The van der Waals surface area contributed by atoms with Crippen LogP contribution in [0, 0.1) is 0 Å². The third kappa shape index (κ3) is 2.58. The van der Waals surface area contributed by atoms with Gasteiger partial charge >= 0.3 is 0 Å². The number of hydrogen-bond donors (Lipinski definition) is 1. The van der Waals surface area contributed by atoms with Crippen molar-refractivity contribution in [3.05, 3.63) is 17.5 Å². The van der Waals surface area contributed by atoms with E-state index in [1.165, 1.54) is 11.3 Å². The smallest absolute Gasteiger partial charge is 0.0525 e. The molecule has 3 nitrogen and oxygen atoms in total. The molecule has 80 valence electrons. The van der Waals surface area contributed by atoms with Crippen LogP contribution in [0.1, 0.15) is 38.4 Å². The number of nitrogens with zero attached hydrogens (tertiary/aromatic N) is 2.